The van der Waals surface area contributed by atoms with Gasteiger partial charge in [0.2, 0.25) is 0 Å². The van der Waals surface area contributed by atoms with E-state index in [0.717, 1.165) is 6.42 Å². The summed E-state index contributed by atoms with van der Waals surface area (Å²) in [6.07, 6.45) is 0.818. The minimum absolute atomic E-state index is 0.0718. The average molecular weight is 330 g/mol. The van der Waals surface area contributed by atoms with Crippen molar-refractivity contribution in [2.75, 3.05) is 13.2 Å². The fraction of sp³-hybridized carbons (Fsp3) is 1.00. The topological polar surface area (TPSA) is 57.2 Å². The second-order valence-corrected chi connectivity index (χ2v) is 13.1. The van der Waals surface area contributed by atoms with Gasteiger partial charge in [-0.3, -0.25) is 0 Å². The first-order valence-electron chi connectivity index (χ1n) is 8.43. The van der Waals surface area contributed by atoms with Crippen molar-refractivity contribution < 1.29 is 23.7 Å². The molecule has 0 amide bonds. The fourth-order valence-corrected chi connectivity index (χ4v) is 5.06. The Hall–Kier alpha value is 0.0169. The molecule has 2 aliphatic heterocycles. The molecule has 5 unspecified atom stereocenters. The number of fused-ring (bicyclic) bond motifs is 1. The van der Waals surface area contributed by atoms with Crippen LogP contribution in [0.5, 0.6) is 0 Å². The standard InChI is InChI=1S/C16H30O5Si/c1-16(2,3)22(4,5)21-12-9-11-10(8-13(17)20-11)14(12)15-18-6-7-19-15/h10-15,17H,6-9H2,1-5H3. The van der Waals surface area contributed by atoms with E-state index in [-0.39, 0.29) is 35.4 Å². The van der Waals surface area contributed by atoms with Crippen LogP contribution in [0.4, 0.5) is 0 Å². The average Bonchev–Trinajstić information content (AvgIpc) is 3.03. The van der Waals surface area contributed by atoms with E-state index in [1.54, 1.807) is 0 Å². The third kappa shape index (κ3) is 3.01. The number of aliphatic hydroxyl groups excluding tert-OH is 1. The highest BCUT2D eigenvalue weighted by Crippen LogP contribution is 2.49. The predicted octanol–water partition coefficient (Wildman–Crippen LogP) is 2.49. The summed E-state index contributed by atoms with van der Waals surface area (Å²) in [5.74, 6) is 0.437. The van der Waals surface area contributed by atoms with Crippen molar-refractivity contribution in [1.82, 2.24) is 0 Å². The van der Waals surface area contributed by atoms with Gasteiger partial charge >= 0.3 is 0 Å². The third-order valence-electron chi connectivity index (χ3n) is 5.89. The van der Waals surface area contributed by atoms with Crippen LogP contribution in [0.2, 0.25) is 18.1 Å². The fourth-order valence-electron chi connectivity index (χ4n) is 3.70. The van der Waals surface area contributed by atoms with Gasteiger partial charge in [-0.25, -0.2) is 0 Å². The summed E-state index contributed by atoms with van der Waals surface area (Å²) in [6, 6.07) is 0. The van der Waals surface area contributed by atoms with Gasteiger partial charge in [-0.2, -0.15) is 0 Å². The van der Waals surface area contributed by atoms with E-state index in [1.165, 1.54) is 0 Å². The molecule has 3 fully saturated rings. The lowest BCUT2D eigenvalue weighted by atomic mass is 9.91. The summed E-state index contributed by atoms with van der Waals surface area (Å²) in [7, 11) is -1.86. The predicted molar refractivity (Wildman–Crippen MR) is 84.9 cm³/mol. The molecule has 2 saturated heterocycles. The number of hydrogen-bond donors (Lipinski definition) is 1. The molecular formula is C16H30O5Si. The quantitative estimate of drug-likeness (QED) is 0.806. The zero-order valence-corrected chi connectivity index (χ0v) is 15.4. The maximum atomic E-state index is 9.81. The second-order valence-electron chi connectivity index (χ2n) is 8.37. The molecule has 22 heavy (non-hydrogen) atoms. The summed E-state index contributed by atoms with van der Waals surface area (Å²) >= 11 is 0. The highest BCUT2D eigenvalue weighted by molar-refractivity contribution is 6.74. The monoisotopic (exact) mass is 330 g/mol. The lowest BCUT2D eigenvalue weighted by Gasteiger charge is -2.41. The maximum Gasteiger partial charge on any atom is 0.192 e. The molecule has 1 saturated carbocycles. The van der Waals surface area contributed by atoms with Gasteiger partial charge in [-0.1, -0.05) is 20.8 Å². The van der Waals surface area contributed by atoms with E-state index in [4.69, 9.17) is 18.6 Å². The number of hydrogen-bond acceptors (Lipinski definition) is 5. The lowest BCUT2D eigenvalue weighted by molar-refractivity contribution is -0.120. The molecule has 0 aromatic heterocycles. The Balaban J connectivity index is 1.77. The Morgan fingerprint density at radius 1 is 1.09 bits per heavy atom. The first kappa shape index (κ1) is 16.9. The van der Waals surface area contributed by atoms with E-state index in [2.05, 4.69) is 33.9 Å². The molecular weight excluding hydrogens is 300 g/mol. The Morgan fingerprint density at radius 2 is 1.73 bits per heavy atom. The molecule has 3 rings (SSSR count). The molecule has 5 atom stereocenters. The van der Waals surface area contributed by atoms with Crippen molar-refractivity contribution in [1.29, 1.82) is 0 Å². The van der Waals surface area contributed by atoms with Crippen molar-refractivity contribution in [3.8, 4) is 0 Å². The SMILES string of the molecule is CC(C)(C)[Si](C)(C)OC1CC2OC(O)CC2C1C1OCCO1. The molecule has 1 N–H and O–H groups in total. The van der Waals surface area contributed by atoms with Gasteiger partial charge in [0.15, 0.2) is 20.9 Å². The van der Waals surface area contributed by atoms with Gasteiger partial charge in [-0.15, -0.1) is 0 Å². The van der Waals surface area contributed by atoms with Crippen molar-refractivity contribution in [3.05, 3.63) is 0 Å². The first-order chi connectivity index (χ1) is 10.2. The van der Waals surface area contributed by atoms with Crippen LogP contribution < -0.4 is 0 Å². The smallest absolute Gasteiger partial charge is 0.192 e. The van der Waals surface area contributed by atoms with Crippen LogP contribution in [0.3, 0.4) is 0 Å². The Kier molecular flexibility index (Phi) is 4.47. The van der Waals surface area contributed by atoms with Crippen LogP contribution >= 0.6 is 0 Å². The second kappa shape index (κ2) is 5.83. The van der Waals surface area contributed by atoms with E-state index < -0.39 is 14.6 Å². The number of rotatable bonds is 3. The van der Waals surface area contributed by atoms with Crippen LogP contribution in [0.1, 0.15) is 33.6 Å². The maximum absolute atomic E-state index is 9.81. The molecule has 0 bridgehead atoms. The molecule has 0 aromatic carbocycles. The van der Waals surface area contributed by atoms with E-state index in [0.29, 0.717) is 19.6 Å². The molecule has 0 spiro atoms. The van der Waals surface area contributed by atoms with E-state index in [1.807, 2.05) is 0 Å². The van der Waals surface area contributed by atoms with Crippen molar-refractivity contribution in [2.45, 2.75) is 76.5 Å². The highest BCUT2D eigenvalue weighted by atomic mass is 28.4. The summed E-state index contributed by atoms with van der Waals surface area (Å²) in [4.78, 5) is 0. The number of ether oxygens (including phenoxy) is 3. The van der Waals surface area contributed by atoms with Gasteiger partial charge in [-0.05, 0) is 24.6 Å². The lowest BCUT2D eigenvalue weighted by Crippen LogP contribution is -2.47. The first-order valence-corrected chi connectivity index (χ1v) is 11.3. The van der Waals surface area contributed by atoms with Gasteiger partial charge in [0, 0.05) is 18.3 Å². The normalized spacial score (nSPS) is 40.4. The Bertz CT molecular complexity index is 402. The van der Waals surface area contributed by atoms with Crippen LogP contribution in [0, 0.1) is 11.8 Å². The van der Waals surface area contributed by atoms with Crippen molar-refractivity contribution in [2.24, 2.45) is 11.8 Å². The summed E-state index contributed by atoms with van der Waals surface area (Å²) in [5.41, 5.74) is 0. The van der Waals surface area contributed by atoms with E-state index >= 15 is 0 Å². The summed E-state index contributed by atoms with van der Waals surface area (Å²) < 4.78 is 23.9. The number of aliphatic hydroxyl groups is 1. The Labute approximate surface area is 134 Å². The van der Waals surface area contributed by atoms with Gasteiger partial charge < -0.3 is 23.7 Å². The molecule has 128 valence electrons. The molecule has 1 aliphatic carbocycles. The van der Waals surface area contributed by atoms with Crippen LogP contribution in [-0.2, 0) is 18.6 Å². The zero-order chi connectivity index (χ0) is 16.1. The Morgan fingerprint density at radius 3 is 2.32 bits per heavy atom. The van der Waals surface area contributed by atoms with E-state index in [9.17, 15) is 5.11 Å². The van der Waals surface area contributed by atoms with Crippen LogP contribution in [0.25, 0.3) is 0 Å². The summed E-state index contributed by atoms with van der Waals surface area (Å²) in [5, 5.41) is 9.98. The van der Waals surface area contributed by atoms with Crippen LogP contribution in [0.15, 0.2) is 0 Å². The molecule has 3 aliphatic rings. The van der Waals surface area contributed by atoms with Crippen molar-refractivity contribution >= 4 is 8.32 Å². The van der Waals surface area contributed by atoms with Gasteiger partial charge in [0.25, 0.3) is 0 Å². The zero-order valence-electron chi connectivity index (χ0n) is 14.4. The molecule has 0 aromatic rings. The molecule has 2 heterocycles. The van der Waals surface area contributed by atoms with Gasteiger partial charge in [0.05, 0.1) is 25.4 Å². The van der Waals surface area contributed by atoms with Crippen molar-refractivity contribution in [3.63, 3.8) is 0 Å². The van der Waals surface area contributed by atoms with Gasteiger partial charge in [0.1, 0.15) is 0 Å². The molecule has 5 nitrogen and oxygen atoms in total. The summed E-state index contributed by atoms with van der Waals surface area (Å²) in [6.45, 7) is 12.6. The highest BCUT2D eigenvalue weighted by Gasteiger charge is 2.55. The molecule has 0 radical (unpaired) electrons. The van der Waals surface area contributed by atoms with Crippen LogP contribution in [-0.4, -0.2) is 51.4 Å². The minimum atomic E-state index is -1.86. The third-order valence-corrected chi connectivity index (χ3v) is 10.4. The minimum Gasteiger partial charge on any atom is -0.413 e. The molecule has 6 heteroatoms. The largest absolute Gasteiger partial charge is 0.413 e.